The van der Waals surface area contributed by atoms with Gasteiger partial charge in [0, 0.05) is 21.9 Å². The van der Waals surface area contributed by atoms with Crippen LogP contribution in [0.25, 0.3) is 21.9 Å². The molecule has 0 aliphatic carbocycles. The van der Waals surface area contributed by atoms with Crippen LogP contribution < -0.4 is 5.63 Å². The third-order valence-electron chi connectivity index (χ3n) is 4.40. The molecule has 0 spiro atoms. The summed E-state index contributed by atoms with van der Waals surface area (Å²) in [5.74, 6) is 0. The van der Waals surface area contributed by atoms with E-state index in [1.807, 2.05) is 19.9 Å². The molecule has 0 N–H and O–H groups in total. The van der Waals surface area contributed by atoms with Gasteiger partial charge in [-0.25, -0.2) is 4.79 Å². The maximum atomic E-state index is 12.3. The summed E-state index contributed by atoms with van der Waals surface area (Å²) in [5.41, 5.74) is 5.16. The normalized spacial score (nSPS) is 11.6. The van der Waals surface area contributed by atoms with Gasteiger partial charge in [0.25, 0.3) is 0 Å². The quantitative estimate of drug-likeness (QED) is 0.648. The van der Waals surface area contributed by atoms with E-state index < -0.39 is 0 Å². The second-order valence-corrected chi connectivity index (χ2v) is 5.71. The summed E-state index contributed by atoms with van der Waals surface area (Å²) in [7, 11) is 0. The molecule has 0 radical (unpaired) electrons. The second kappa shape index (κ2) is 5.06. The van der Waals surface area contributed by atoms with E-state index >= 15 is 0 Å². The van der Waals surface area contributed by atoms with Crippen molar-refractivity contribution >= 4 is 21.9 Å². The topological polar surface area (TPSA) is 43.4 Å². The van der Waals surface area contributed by atoms with Crippen LogP contribution in [-0.4, -0.2) is 0 Å². The summed E-state index contributed by atoms with van der Waals surface area (Å²) < 4.78 is 11.2. The fourth-order valence-electron chi connectivity index (χ4n) is 3.17. The summed E-state index contributed by atoms with van der Waals surface area (Å²) in [6.07, 6.45) is 4.54. The molecule has 0 saturated carbocycles. The van der Waals surface area contributed by atoms with E-state index in [1.54, 1.807) is 6.26 Å². The van der Waals surface area contributed by atoms with Gasteiger partial charge in [-0.15, -0.1) is 0 Å². The second-order valence-electron chi connectivity index (χ2n) is 5.71. The standard InChI is InChI=1S/C18H20O3/c1-5-6-7-14-11(3)15-10(2)13-8-9-20-16(13)12(4)17(15)21-18(14)19/h8-9H,5-7H2,1-4H3. The van der Waals surface area contributed by atoms with Crippen molar-refractivity contribution in [2.24, 2.45) is 0 Å². The van der Waals surface area contributed by atoms with Crippen molar-refractivity contribution in [3.8, 4) is 0 Å². The Morgan fingerprint density at radius 3 is 2.52 bits per heavy atom. The van der Waals surface area contributed by atoms with Crippen molar-refractivity contribution in [3.05, 3.63) is 45.0 Å². The highest BCUT2D eigenvalue weighted by Crippen LogP contribution is 2.34. The van der Waals surface area contributed by atoms with Gasteiger partial charge in [-0.1, -0.05) is 13.3 Å². The Bertz CT molecular complexity index is 881. The van der Waals surface area contributed by atoms with Gasteiger partial charge in [0.1, 0.15) is 11.2 Å². The lowest BCUT2D eigenvalue weighted by Gasteiger charge is -2.12. The molecule has 1 aromatic carbocycles. The molecule has 0 aliphatic heterocycles. The van der Waals surface area contributed by atoms with Gasteiger partial charge in [0.15, 0.2) is 0 Å². The van der Waals surface area contributed by atoms with Gasteiger partial charge >= 0.3 is 5.63 Å². The minimum absolute atomic E-state index is 0.207. The van der Waals surface area contributed by atoms with Gasteiger partial charge in [0.05, 0.1) is 6.26 Å². The third-order valence-corrected chi connectivity index (χ3v) is 4.40. The van der Waals surface area contributed by atoms with E-state index in [0.717, 1.165) is 57.9 Å². The van der Waals surface area contributed by atoms with Crippen LogP contribution in [-0.2, 0) is 6.42 Å². The van der Waals surface area contributed by atoms with E-state index in [0.29, 0.717) is 5.58 Å². The van der Waals surface area contributed by atoms with Crippen LogP contribution in [0, 0.1) is 20.8 Å². The molecule has 3 heteroatoms. The third kappa shape index (κ3) is 1.99. The predicted molar refractivity (Wildman–Crippen MR) is 85.1 cm³/mol. The Morgan fingerprint density at radius 2 is 1.81 bits per heavy atom. The molecule has 3 aromatic rings. The van der Waals surface area contributed by atoms with Gasteiger partial charge in [-0.3, -0.25) is 0 Å². The number of furan rings is 1. The van der Waals surface area contributed by atoms with Crippen molar-refractivity contribution in [2.45, 2.75) is 47.0 Å². The lowest BCUT2D eigenvalue weighted by molar-refractivity contribution is 0.541. The summed E-state index contributed by atoms with van der Waals surface area (Å²) in [5, 5.41) is 2.16. The first-order valence-electron chi connectivity index (χ1n) is 7.48. The molecule has 0 amide bonds. The van der Waals surface area contributed by atoms with Crippen LogP contribution in [0.5, 0.6) is 0 Å². The van der Waals surface area contributed by atoms with Crippen molar-refractivity contribution in [1.82, 2.24) is 0 Å². The molecule has 3 nitrogen and oxygen atoms in total. The van der Waals surface area contributed by atoms with Gasteiger partial charge in [-0.05, 0) is 50.8 Å². The Labute approximate surface area is 123 Å². The van der Waals surface area contributed by atoms with Crippen LogP contribution in [0.4, 0.5) is 0 Å². The van der Waals surface area contributed by atoms with Gasteiger partial charge < -0.3 is 8.83 Å². The molecular formula is C18H20O3. The molecule has 0 saturated heterocycles. The maximum Gasteiger partial charge on any atom is 0.339 e. The summed E-state index contributed by atoms with van der Waals surface area (Å²) in [6, 6.07) is 1.98. The van der Waals surface area contributed by atoms with E-state index in [2.05, 4.69) is 13.8 Å². The Morgan fingerprint density at radius 1 is 1.05 bits per heavy atom. The smallest absolute Gasteiger partial charge is 0.339 e. The van der Waals surface area contributed by atoms with E-state index in [1.165, 1.54) is 0 Å². The monoisotopic (exact) mass is 284 g/mol. The summed E-state index contributed by atoms with van der Waals surface area (Å²) in [6.45, 7) is 8.17. The van der Waals surface area contributed by atoms with Crippen molar-refractivity contribution in [2.75, 3.05) is 0 Å². The Balaban J connectivity index is 2.44. The molecule has 0 fully saturated rings. The number of benzene rings is 1. The molecular weight excluding hydrogens is 264 g/mol. The van der Waals surface area contributed by atoms with E-state index in [4.69, 9.17) is 8.83 Å². The molecule has 2 heterocycles. The van der Waals surface area contributed by atoms with Crippen LogP contribution in [0.1, 0.15) is 42.0 Å². The number of fused-ring (bicyclic) bond motifs is 2. The van der Waals surface area contributed by atoms with Gasteiger partial charge in [-0.2, -0.15) is 0 Å². The van der Waals surface area contributed by atoms with Crippen LogP contribution in [0.3, 0.4) is 0 Å². The molecule has 0 atom stereocenters. The largest absolute Gasteiger partial charge is 0.464 e. The van der Waals surface area contributed by atoms with Crippen LogP contribution in [0.2, 0.25) is 0 Å². The fraction of sp³-hybridized carbons (Fsp3) is 0.389. The lowest BCUT2D eigenvalue weighted by Crippen LogP contribution is -2.11. The fourth-order valence-corrected chi connectivity index (χ4v) is 3.17. The Kier molecular flexibility index (Phi) is 3.36. The van der Waals surface area contributed by atoms with E-state index in [9.17, 15) is 4.79 Å². The zero-order chi connectivity index (χ0) is 15.1. The molecule has 110 valence electrons. The number of hydrogen-bond donors (Lipinski definition) is 0. The van der Waals surface area contributed by atoms with Crippen molar-refractivity contribution in [1.29, 1.82) is 0 Å². The number of rotatable bonds is 3. The molecule has 21 heavy (non-hydrogen) atoms. The summed E-state index contributed by atoms with van der Waals surface area (Å²) in [4.78, 5) is 12.3. The van der Waals surface area contributed by atoms with E-state index in [-0.39, 0.29) is 5.63 Å². The zero-order valence-corrected chi connectivity index (χ0v) is 13.0. The Hall–Kier alpha value is -2.03. The first kappa shape index (κ1) is 13.9. The van der Waals surface area contributed by atoms with Crippen molar-refractivity contribution in [3.63, 3.8) is 0 Å². The van der Waals surface area contributed by atoms with Gasteiger partial charge in [0.2, 0.25) is 0 Å². The maximum absolute atomic E-state index is 12.3. The highest BCUT2D eigenvalue weighted by atomic mass is 16.4. The minimum Gasteiger partial charge on any atom is -0.464 e. The number of aryl methyl sites for hydroxylation is 3. The lowest BCUT2D eigenvalue weighted by atomic mass is 9.95. The first-order valence-corrected chi connectivity index (χ1v) is 7.48. The van der Waals surface area contributed by atoms with Crippen LogP contribution in [0.15, 0.2) is 26.0 Å². The highest BCUT2D eigenvalue weighted by molar-refractivity contribution is 6.02. The van der Waals surface area contributed by atoms with Crippen LogP contribution >= 0.6 is 0 Å². The molecule has 0 unspecified atom stereocenters. The first-order chi connectivity index (χ1) is 10.1. The SMILES string of the molecule is CCCCc1c(C)c2c(C)c3ccoc3c(C)c2oc1=O. The molecule has 3 rings (SSSR count). The zero-order valence-electron chi connectivity index (χ0n) is 13.0. The molecule has 0 aliphatic rings. The summed E-state index contributed by atoms with van der Waals surface area (Å²) >= 11 is 0. The minimum atomic E-state index is -0.207. The molecule has 0 bridgehead atoms. The van der Waals surface area contributed by atoms with Crippen molar-refractivity contribution < 1.29 is 8.83 Å². The highest BCUT2D eigenvalue weighted by Gasteiger charge is 2.18. The number of hydrogen-bond acceptors (Lipinski definition) is 3. The number of unbranched alkanes of at least 4 members (excludes halogenated alkanes) is 1. The molecule has 2 aromatic heterocycles. The predicted octanol–water partition coefficient (Wildman–Crippen LogP) is 4.81. The average molecular weight is 284 g/mol. The average Bonchev–Trinajstić information content (AvgIpc) is 2.94.